The molecule has 4 rings (SSSR count). The Bertz CT molecular complexity index is 938. The van der Waals surface area contributed by atoms with Gasteiger partial charge in [-0.3, -0.25) is 4.79 Å². The van der Waals surface area contributed by atoms with Crippen LogP contribution < -0.4 is 4.90 Å². The van der Waals surface area contributed by atoms with Crippen LogP contribution in [0.4, 0.5) is 0 Å². The average Bonchev–Trinajstić information content (AvgIpc) is 3.42. The first-order chi connectivity index (χ1) is 13.7. The number of carbonyl (C=O) groups excluding carboxylic acids is 1. The van der Waals surface area contributed by atoms with Crippen LogP contribution in [0.15, 0.2) is 60.1 Å². The van der Waals surface area contributed by atoms with Gasteiger partial charge in [-0.15, -0.1) is 11.3 Å². The van der Waals surface area contributed by atoms with Gasteiger partial charge >= 0.3 is 0 Å². The molecule has 3 heterocycles. The average molecular weight is 394 g/mol. The number of nitrogens with one attached hydrogen (secondary N) is 1. The monoisotopic (exact) mass is 393 g/mol. The van der Waals surface area contributed by atoms with Crippen molar-refractivity contribution in [1.29, 1.82) is 0 Å². The SMILES string of the molecule is CC[NH+]1CCN(C(=O)/C=C/c2cn(-c3ccccc3)nc2-c2cccs2)CC1. The second kappa shape index (κ2) is 8.54. The molecule has 1 N–H and O–H groups in total. The quantitative estimate of drug-likeness (QED) is 0.677. The lowest BCUT2D eigenvalue weighted by atomic mass is 10.2. The molecule has 0 bridgehead atoms. The van der Waals surface area contributed by atoms with E-state index in [2.05, 4.69) is 13.0 Å². The summed E-state index contributed by atoms with van der Waals surface area (Å²) in [5.41, 5.74) is 2.87. The second-order valence-corrected chi connectivity index (χ2v) is 7.90. The topological polar surface area (TPSA) is 42.6 Å². The summed E-state index contributed by atoms with van der Waals surface area (Å²) >= 11 is 1.66. The molecule has 0 radical (unpaired) electrons. The van der Waals surface area contributed by atoms with Crippen molar-refractivity contribution in [2.24, 2.45) is 0 Å². The third kappa shape index (κ3) is 4.08. The number of benzene rings is 1. The molecule has 0 unspecified atom stereocenters. The molecule has 5 nitrogen and oxygen atoms in total. The van der Waals surface area contributed by atoms with E-state index >= 15 is 0 Å². The molecular formula is C22H25N4OS+. The maximum Gasteiger partial charge on any atom is 0.246 e. The van der Waals surface area contributed by atoms with Gasteiger partial charge in [0.1, 0.15) is 5.69 Å². The van der Waals surface area contributed by atoms with E-state index in [1.165, 1.54) is 0 Å². The van der Waals surface area contributed by atoms with Crippen LogP contribution in [-0.2, 0) is 4.79 Å². The maximum absolute atomic E-state index is 12.6. The molecule has 2 aromatic heterocycles. The Kier molecular flexibility index (Phi) is 5.69. The van der Waals surface area contributed by atoms with Gasteiger partial charge in [-0.25, -0.2) is 4.68 Å². The Labute approximate surface area is 169 Å². The van der Waals surface area contributed by atoms with Crippen molar-refractivity contribution < 1.29 is 9.69 Å². The molecule has 6 heteroatoms. The van der Waals surface area contributed by atoms with E-state index in [1.807, 2.05) is 63.6 Å². The first kappa shape index (κ1) is 18.7. The van der Waals surface area contributed by atoms with E-state index in [-0.39, 0.29) is 5.91 Å². The van der Waals surface area contributed by atoms with Crippen molar-refractivity contribution in [2.45, 2.75) is 6.92 Å². The molecule has 1 fully saturated rings. The van der Waals surface area contributed by atoms with E-state index in [9.17, 15) is 4.79 Å². The van der Waals surface area contributed by atoms with Crippen molar-refractivity contribution in [3.63, 3.8) is 0 Å². The zero-order chi connectivity index (χ0) is 19.3. The van der Waals surface area contributed by atoms with Crippen LogP contribution in [0.2, 0.25) is 0 Å². The number of quaternary nitrogens is 1. The molecule has 0 aliphatic carbocycles. The molecule has 0 spiro atoms. The lowest BCUT2D eigenvalue weighted by Crippen LogP contribution is -3.14. The van der Waals surface area contributed by atoms with Crippen LogP contribution in [0.5, 0.6) is 0 Å². The highest BCUT2D eigenvalue weighted by Gasteiger charge is 2.21. The summed E-state index contributed by atoms with van der Waals surface area (Å²) in [6.45, 7) is 7.04. The number of piperazine rings is 1. The molecule has 1 aromatic carbocycles. The van der Waals surface area contributed by atoms with Crippen molar-refractivity contribution in [2.75, 3.05) is 32.7 Å². The molecule has 1 saturated heterocycles. The standard InChI is InChI=1S/C22H24N4OS/c1-2-24-12-14-25(15-13-24)21(27)11-10-18-17-26(19-7-4-3-5-8-19)23-22(18)20-9-6-16-28-20/h3-11,16-17H,2,12-15H2,1H3/p+1/b11-10+. The second-order valence-electron chi connectivity index (χ2n) is 6.95. The molecule has 1 amide bonds. The molecule has 1 aliphatic heterocycles. The maximum atomic E-state index is 12.6. The number of nitrogens with zero attached hydrogens (tertiary/aromatic N) is 3. The summed E-state index contributed by atoms with van der Waals surface area (Å²) in [5.74, 6) is 0.0831. The number of hydrogen-bond donors (Lipinski definition) is 1. The largest absolute Gasteiger partial charge is 0.332 e. The fourth-order valence-corrected chi connectivity index (χ4v) is 4.22. The highest BCUT2D eigenvalue weighted by molar-refractivity contribution is 7.13. The normalized spacial score (nSPS) is 15.4. The number of para-hydroxylation sites is 1. The van der Waals surface area contributed by atoms with E-state index in [4.69, 9.17) is 5.10 Å². The van der Waals surface area contributed by atoms with Crippen molar-refractivity contribution in [3.05, 3.63) is 65.7 Å². The summed E-state index contributed by atoms with van der Waals surface area (Å²) in [5, 5.41) is 6.83. The minimum atomic E-state index is 0.0831. The highest BCUT2D eigenvalue weighted by atomic mass is 32.1. The zero-order valence-electron chi connectivity index (χ0n) is 16.0. The number of carbonyl (C=O) groups is 1. The molecule has 1 aliphatic rings. The van der Waals surface area contributed by atoms with Gasteiger partial charge in [-0.2, -0.15) is 5.10 Å². The van der Waals surface area contributed by atoms with Crippen LogP contribution in [0, 0.1) is 0 Å². The van der Waals surface area contributed by atoms with Crippen molar-refractivity contribution in [1.82, 2.24) is 14.7 Å². The third-order valence-corrected chi connectivity index (χ3v) is 6.08. The van der Waals surface area contributed by atoms with E-state index in [0.717, 1.165) is 54.5 Å². The van der Waals surface area contributed by atoms with Crippen molar-refractivity contribution in [3.8, 4) is 16.3 Å². The van der Waals surface area contributed by atoms with Gasteiger partial charge in [0, 0.05) is 17.8 Å². The fourth-order valence-electron chi connectivity index (χ4n) is 3.49. The molecule has 3 aromatic rings. The van der Waals surface area contributed by atoms with Gasteiger partial charge in [0.2, 0.25) is 5.91 Å². The Morgan fingerprint density at radius 1 is 1.18 bits per heavy atom. The van der Waals surface area contributed by atoms with Gasteiger partial charge in [0.15, 0.2) is 0 Å². The van der Waals surface area contributed by atoms with Crippen LogP contribution in [0.3, 0.4) is 0 Å². The van der Waals surface area contributed by atoms with Crippen LogP contribution in [-0.4, -0.2) is 53.3 Å². The predicted octanol–water partition coefficient (Wildman–Crippen LogP) is 2.36. The van der Waals surface area contributed by atoms with Gasteiger partial charge < -0.3 is 9.80 Å². The van der Waals surface area contributed by atoms with E-state index < -0.39 is 0 Å². The predicted molar refractivity (Wildman–Crippen MR) is 114 cm³/mol. The first-order valence-electron chi connectivity index (χ1n) is 9.74. The Morgan fingerprint density at radius 2 is 1.96 bits per heavy atom. The third-order valence-electron chi connectivity index (χ3n) is 5.21. The Morgan fingerprint density at radius 3 is 2.64 bits per heavy atom. The molecule has 28 heavy (non-hydrogen) atoms. The van der Waals surface area contributed by atoms with E-state index in [1.54, 1.807) is 22.3 Å². The van der Waals surface area contributed by atoms with Crippen LogP contribution >= 0.6 is 11.3 Å². The lowest BCUT2D eigenvalue weighted by molar-refractivity contribution is -0.902. The summed E-state index contributed by atoms with van der Waals surface area (Å²) in [6.07, 6.45) is 5.59. The molecule has 0 atom stereocenters. The summed E-state index contributed by atoms with van der Waals surface area (Å²) in [6, 6.07) is 14.1. The minimum absolute atomic E-state index is 0.0831. The van der Waals surface area contributed by atoms with Crippen molar-refractivity contribution >= 4 is 23.3 Å². The number of likely N-dealkylation sites (N-methyl/N-ethyl adjacent to an activating group) is 1. The smallest absolute Gasteiger partial charge is 0.246 e. The number of thiophene rings is 1. The Balaban J connectivity index is 1.57. The first-order valence-corrected chi connectivity index (χ1v) is 10.6. The van der Waals surface area contributed by atoms with E-state index in [0.29, 0.717) is 0 Å². The summed E-state index contributed by atoms with van der Waals surface area (Å²) in [4.78, 5) is 17.3. The number of hydrogen-bond acceptors (Lipinski definition) is 3. The fraction of sp³-hybridized carbons (Fsp3) is 0.273. The van der Waals surface area contributed by atoms with Crippen LogP contribution in [0.1, 0.15) is 12.5 Å². The molecule has 0 saturated carbocycles. The van der Waals surface area contributed by atoms with Gasteiger partial charge in [0.25, 0.3) is 0 Å². The van der Waals surface area contributed by atoms with Gasteiger partial charge in [-0.1, -0.05) is 24.3 Å². The number of aromatic nitrogens is 2. The zero-order valence-corrected chi connectivity index (χ0v) is 16.9. The minimum Gasteiger partial charge on any atom is -0.332 e. The highest BCUT2D eigenvalue weighted by Crippen LogP contribution is 2.28. The number of amides is 1. The van der Waals surface area contributed by atoms with Gasteiger partial charge in [-0.05, 0) is 36.6 Å². The number of rotatable bonds is 5. The summed E-state index contributed by atoms with van der Waals surface area (Å²) < 4.78 is 1.88. The van der Waals surface area contributed by atoms with Crippen LogP contribution in [0.25, 0.3) is 22.3 Å². The lowest BCUT2D eigenvalue weighted by Gasteiger charge is -2.30. The molecule has 144 valence electrons. The molecular weight excluding hydrogens is 368 g/mol. The summed E-state index contributed by atoms with van der Waals surface area (Å²) in [7, 11) is 0. The van der Waals surface area contributed by atoms with Gasteiger partial charge in [0.05, 0.1) is 43.3 Å². The Hall–Kier alpha value is -2.70.